The molecule has 5 heteroatoms. The normalized spacial score (nSPS) is 13.2. The lowest BCUT2D eigenvalue weighted by molar-refractivity contribution is -0.137. The third-order valence-electron chi connectivity index (χ3n) is 2.97. The van der Waals surface area contributed by atoms with Gasteiger partial charge in [0.05, 0.1) is 17.4 Å². The van der Waals surface area contributed by atoms with Gasteiger partial charge in [-0.25, -0.2) is 0 Å². The van der Waals surface area contributed by atoms with Crippen molar-refractivity contribution in [1.29, 1.82) is 0 Å². The highest BCUT2D eigenvalue weighted by Gasteiger charge is 2.30. The highest BCUT2D eigenvalue weighted by Crippen LogP contribution is 2.29. The Morgan fingerprint density at radius 3 is 2.50 bits per heavy atom. The summed E-state index contributed by atoms with van der Waals surface area (Å²) in [4.78, 5) is 3.69. The van der Waals surface area contributed by atoms with Gasteiger partial charge in [0.1, 0.15) is 0 Å². The van der Waals surface area contributed by atoms with Crippen LogP contribution >= 0.6 is 0 Å². The Balaban J connectivity index is 2.11. The van der Waals surface area contributed by atoms with Crippen molar-refractivity contribution in [3.8, 4) is 0 Å². The molecule has 0 saturated carbocycles. The lowest BCUT2D eigenvalue weighted by Crippen LogP contribution is -2.08. The maximum absolute atomic E-state index is 12.4. The third-order valence-corrected chi connectivity index (χ3v) is 2.97. The predicted molar refractivity (Wildman–Crippen MR) is 69.1 cm³/mol. The summed E-state index contributed by atoms with van der Waals surface area (Å²) in [5.74, 6) is 0. The summed E-state index contributed by atoms with van der Waals surface area (Å²) in [5, 5.41) is 10.0. The number of alkyl halides is 3. The molecule has 0 spiro atoms. The topological polar surface area (TPSA) is 33.1 Å². The van der Waals surface area contributed by atoms with E-state index in [9.17, 15) is 18.3 Å². The molecule has 106 valence electrons. The van der Waals surface area contributed by atoms with Gasteiger partial charge in [-0.15, -0.1) is 0 Å². The van der Waals surface area contributed by atoms with Crippen LogP contribution in [-0.2, 0) is 12.6 Å². The third kappa shape index (κ3) is 3.57. The summed E-state index contributed by atoms with van der Waals surface area (Å²) in [7, 11) is 0. The summed E-state index contributed by atoms with van der Waals surface area (Å²) in [6, 6.07) is 9.74. The van der Waals surface area contributed by atoms with E-state index in [-0.39, 0.29) is 5.69 Å². The van der Waals surface area contributed by atoms with Crippen molar-refractivity contribution in [2.24, 2.45) is 0 Å². The number of pyridine rings is 1. The molecule has 1 N–H and O–H groups in total. The molecule has 1 heterocycles. The van der Waals surface area contributed by atoms with Gasteiger partial charge >= 0.3 is 6.18 Å². The van der Waals surface area contributed by atoms with Crippen LogP contribution in [-0.4, -0.2) is 10.1 Å². The molecule has 0 bridgehead atoms. The zero-order valence-corrected chi connectivity index (χ0v) is 10.9. The quantitative estimate of drug-likeness (QED) is 0.930. The number of hydrogen-bond donors (Lipinski definition) is 1. The molecule has 1 aromatic heterocycles. The number of aromatic nitrogens is 1. The van der Waals surface area contributed by atoms with Crippen molar-refractivity contribution in [3.63, 3.8) is 0 Å². The van der Waals surface area contributed by atoms with E-state index in [0.717, 1.165) is 23.4 Å². The van der Waals surface area contributed by atoms with Crippen LogP contribution < -0.4 is 0 Å². The largest absolute Gasteiger partial charge is 0.417 e. The molecular formula is C15H14F3NO. The van der Waals surface area contributed by atoms with Crippen molar-refractivity contribution in [2.75, 3.05) is 0 Å². The summed E-state index contributed by atoms with van der Waals surface area (Å²) in [6.45, 7) is 1.94. The number of halogens is 3. The van der Waals surface area contributed by atoms with E-state index in [1.807, 2.05) is 31.2 Å². The lowest BCUT2D eigenvalue weighted by atomic mass is 10.0. The van der Waals surface area contributed by atoms with E-state index in [0.29, 0.717) is 6.42 Å². The number of rotatable bonds is 3. The van der Waals surface area contributed by atoms with E-state index < -0.39 is 17.8 Å². The molecule has 0 aliphatic carbocycles. The van der Waals surface area contributed by atoms with E-state index in [1.54, 1.807) is 0 Å². The van der Waals surface area contributed by atoms with Crippen LogP contribution in [0.3, 0.4) is 0 Å². The van der Waals surface area contributed by atoms with Crippen molar-refractivity contribution < 1.29 is 18.3 Å². The van der Waals surface area contributed by atoms with Gasteiger partial charge in [0, 0.05) is 12.6 Å². The summed E-state index contributed by atoms with van der Waals surface area (Å²) in [5.41, 5.74) is 1.40. The van der Waals surface area contributed by atoms with Gasteiger partial charge in [0.25, 0.3) is 0 Å². The minimum absolute atomic E-state index is 0.236. The van der Waals surface area contributed by atoms with Gasteiger partial charge in [0.15, 0.2) is 0 Å². The van der Waals surface area contributed by atoms with Crippen LogP contribution in [0.5, 0.6) is 0 Å². The molecule has 1 unspecified atom stereocenters. The second kappa shape index (κ2) is 5.63. The fraction of sp³-hybridized carbons (Fsp3) is 0.267. The molecule has 0 saturated heterocycles. The predicted octanol–water partition coefficient (Wildman–Crippen LogP) is 3.68. The zero-order valence-electron chi connectivity index (χ0n) is 10.9. The first kappa shape index (κ1) is 14.5. The Kier molecular flexibility index (Phi) is 4.09. The van der Waals surface area contributed by atoms with Gasteiger partial charge in [-0.2, -0.15) is 13.2 Å². The molecule has 2 aromatic rings. The van der Waals surface area contributed by atoms with Crippen molar-refractivity contribution in [3.05, 3.63) is 65.0 Å². The molecule has 0 aliphatic heterocycles. The maximum atomic E-state index is 12.4. The lowest BCUT2D eigenvalue weighted by Gasteiger charge is -2.12. The molecule has 0 amide bonds. The highest BCUT2D eigenvalue weighted by molar-refractivity contribution is 5.25. The number of benzene rings is 1. The van der Waals surface area contributed by atoms with Gasteiger partial charge < -0.3 is 5.11 Å². The van der Waals surface area contributed by atoms with Crippen LogP contribution in [0, 0.1) is 6.92 Å². The van der Waals surface area contributed by atoms with Crippen LogP contribution in [0.15, 0.2) is 42.6 Å². The Hall–Kier alpha value is -1.88. The second-order valence-electron chi connectivity index (χ2n) is 4.68. The van der Waals surface area contributed by atoms with Gasteiger partial charge in [0.2, 0.25) is 0 Å². The number of aliphatic hydroxyl groups excluding tert-OH is 1. The molecule has 20 heavy (non-hydrogen) atoms. The van der Waals surface area contributed by atoms with Gasteiger partial charge in [-0.1, -0.05) is 29.8 Å². The van der Waals surface area contributed by atoms with Crippen LogP contribution in [0.4, 0.5) is 13.2 Å². The fourth-order valence-corrected chi connectivity index (χ4v) is 1.94. The monoisotopic (exact) mass is 281 g/mol. The number of aliphatic hydroxyl groups is 1. The summed E-state index contributed by atoms with van der Waals surface area (Å²) < 4.78 is 37.2. The smallest absolute Gasteiger partial charge is 0.386 e. The van der Waals surface area contributed by atoms with Gasteiger partial charge in [-0.3, -0.25) is 4.98 Å². The SMILES string of the molecule is Cc1cccc(CC(O)c2ccc(C(F)(F)F)cn2)c1. The number of hydrogen-bond acceptors (Lipinski definition) is 2. The number of aryl methyl sites for hydroxylation is 1. The van der Waals surface area contributed by atoms with E-state index >= 15 is 0 Å². The molecule has 1 atom stereocenters. The van der Waals surface area contributed by atoms with Gasteiger partial charge in [-0.05, 0) is 24.6 Å². The number of nitrogens with zero attached hydrogens (tertiary/aromatic N) is 1. The minimum atomic E-state index is -4.41. The average molecular weight is 281 g/mol. The molecule has 2 nitrogen and oxygen atoms in total. The van der Waals surface area contributed by atoms with Crippen LogP contribution in [0.25, 0.3) is 0 Å². The van der Waals surface area contributed by atoms with Crippen molar-refractivity contribution in [2.45, 2.75) is 25.6 Å². The molecule has 2 rings (SSSR count). The standard InChI is InChI=1S/C15H14F3NO/c1-10-3-2-4-11(7-10)8-14(20)13-6-5-12(9-19-13)15(16,17)18/h2-7,9,14,20H,8H2,1H3. The van der Waals surface area contributed by atoms with Crippen molar-refractivity contribution in [1.82, 2.24) is 4.98 Å². The Labute approximate surface area is 114 Å². The maximum Gasteiger partial charge on any atom is 0.417 e. The first-order valence-corrected chi connectivity index (χ1v) is 6.13. The van der Waals surface area contributed by atoms with E-state index in [4.69, 9.17) is 0 Å². The van der Waals surface area contributed by atoms with Crippen molar-refractivity contribution >= 4 is 0 Å². The summed E-state index contributed by atoms with van der Waals surface area (Å²) >= 11 is 0. The molecule has 0 fully saturated rings. The minimum Gasteiger partial charge on any atom is -0.386 e. The highest BCUT2D eigenvalue weighted by atomic mass is 19.4. The van der Waals surface area contributed by atoms with E-state index in [1.165, 1.54) is 6.07 Å². The Morgan fingerprint density at radius 1 is 1.20 bits per heavy atom. The zero-order chi connectivity index (χ0) is 14.8. The Bertz CT molecular complexity index is 578. The molecular weight excluding hydrogens is 267 g/mol. The summed E-state index contributed by atoms with van der Waals surface area (Å²) in [6.07, 6.45) is -4.26. The van der Waals surface area contributed by atoms with E-state index in [2.05, 4.69) is 4.98 Å². The average Bonchev–Trinajstić information content (AvgIpc) is 2.38. The van der Waals surface area contributed by atoms with Crippen LogP contribution in [0.1, 0.15) is 28.5 Å². The first-order chi connectivity index (χ1) is 9.36. The van der Waals surface area contributed by atoms with Crippen LogP contribution in [0.2, 0.25) is 0 Å². The molecule has 1 aromatic carbocycles. The molecule has 0 aliphatic rings. The molecule has 0 radical (unpaired) electrons. The Morgan fingerprint density at radius 2 is 1.95 bits per heavy atom. The second-order valence-corrected chi connectivity index (χ2v) is 4.68. The first-order valence-electron chi connectivity index (χ1n) is 6.13. The fourth-order valence-electron chi connectivity index (χ4n) is 1.94.